The van der Waals surface area contributed by atoms with Gasteiger partial charge in [0.25, 0.3) is 0 Å². The van der Waals surface area contributed by atoms with E-state index in [9.17, 15) is 4.79 Å². The fourth-order valence-electron chi connectivity index (χ4n) is 1.32. The van der Waals surface area contributed by atoms with Gasteiger partial charge >= 0.3 is 0 Å². The van der Waals surface area contributed by atoms with Crippen LogP contribution >= 0.6 is 0 Å². The molecule has 0 aliphatic carbocycles. The van der Waals surface area contributed by atoms with Crippen LogP contribution in [0.15, 0.2) is 36.9 Å². The molecule has 4 heteroatoms. The standard InChI is InChI=1S/C13H18N2O2/c1-4-9-17-12-8-6-5-7-11(12)14-13(16)10-15(2)3/h4-8H,1,9-10H2,2-3H3,(H,14,16). The molecule has 0 aliphatic heterocycles. The van der Waals surface area contributed by atoms with E-state index in [1.54, 1.807) is 6.08 Å². The number of amides is 1. The summed E-state index contributed by atoms with van der Waals surface area (Å²) in [6.07, 6.45) is 1.67. The van der Waals surface area contributed by atoms with E-state index in [0.717, 1.165) is 0 Å². The Balaban J connectivity index is 2.68. The zero-order valence-corrected chi connectivity index (χ0v) is 10.3. The fourth-order valence-corrected chi connectivity index (χ4v) is 1.32. The van der Waals surface area contributed by atoms with Crippen LogP contribution < -0.4 is 10.1 Å². The molecule has 0 saturated heterocycles. The number of ether oxygens (including phenoxy) is 1. The summed E-state index contributed by atoms with van der Waals surface area (Å²) in [6.45, 7) is 4.35. The number of likely N-dealkylation sites (N-methyl/N-ethyl adjacent to an activating group) is 1. The number of anilines is 1. The van der Waals surface area contributed by atoms with Crippen LogP contribution in [-0.2, 0) is 4.79 Å². The van der Waals surface area contributed by atoms with Crippen LogP contribution in [0, 0.1) is 0 Å². The maximum atomic E-state index is 11.6. The first-order valence-electron chi connectivity index (χ1n) is 5.40. The molecule has 0 spiro atoms. The minimum Gasteiger partial charge on any atom is -0.487 e. The van der Waals surface area contributed by atoms with Gasteiger partial charge in [0.2, 0.25) is 5.91 Å². The number of para-hydroxylation sites is 2. The van der Waals surface area contributed by atoms with Gasteiger partial charge in [-0.1, -0.05) is 24.8 Å². The van der Waals surface area contributed by atoms with Gasteiger partial charge < -0.3 is 15.0 Å². The van der Waals surface area contributed by atoms with Gasteiger partial charge in [0.15, 0.2) is 0 Å². The van der Waals surface area contributed by atoms with E-state index in [1.165, 1.54) is 0 Å². The Kier molecular flexibility index (Phi) is 5.23. The Morgan fingerprint density at radius 2 is 2.18 bits per heavy atom. The van der Waals surface area contributed by atoms with Crippen molar-refractivity contribution in [3.05, 3.63) is 36.9 Å². The van der Waals surface area contributed by atoms with Crippen molar-refractivity contribution in [2.45, 2.75) is 0 Å². The van der Waals surface area contributed by atoms with Gasteiger partial charge in [-0.05, 0) is 26.2 Å². The third-order valence-corrected chi connectivity index (χ3v) is 1.98. The number of rotatable bonds is 6. The van der Waals surface area contributed by atoms with Crippen LogP contribution in [0.25, 0.3) is 0 Å². The smallest absolute Gasteiger partial charge is 0.238 e. The molecule has 0 radical (unpaired) electrons. The highest BCUT2D eigenvalue weighted by Gasteiger charge is 2.07. The van der Waals surface area contributed by atoms with Crippen LogP contribution in [0.4, 0.5) is 5.69 Å². The highest BCUT2D eigenvalue weighted by Crippen LogP contribution is 2.23. The molecule has 1 aromatic rings. The third kappa shape index (κ3) is 4.70. The van der Waals surface area contributed by atoms with Crippen molar-refractivity contribution < 1.29 is 9.53 Å². The lowest BCUT2D eigenvalue weighted by Gasteiger charge is -2.13. The summed E-state index contributed by atoms with van der Waals surface area (Å²) in [4.78, 5) is 13.4. The van der Waals surface area contributed by atoms with E-state index in [2.05, 4.69) is 11.9 Å². The van der Waals surface area contributed by atoms with E-state index in [4.69, 9.17) is 4.74 Å². The maximum absolute atomic E-state index is 11.6. The van der Waals surface area contributed by atoms with Crippen LogP contribution in [0.3, 0.4) is 0 Å². The van der Waals surface area contributed by atoms with Crippen molar-refractivity contribution in [1.82, 2.24) is 4.90 Å². The average molecular weight is 234 g/mol. The minimum atomic E-state index is -0.0651. The van der Waals surface area contributed by atoms with E-state index in [0.29, 0.717) is 24.6 Å². The first-order chi connectivity index (χ1) is 8.13. The molecule has 1 amide bonds. The summed E-state index contributed by atoms with van der Waals surface area (Å²) in [5.41, 5.74) is 0.682. The van der Waals surface area contributed by atoms with E-state index in [-0.39, 0.29) is 5.91 Å². The Morgan fingerprint density at radius 3 is 2.82 bits per heavy atom. The molecule has 0 fully saturated rings. The lowest BCUT2D eigenvalue weighted by molar-refractivity contribution is -0.116. The molecule has 0 heterocycles. The van der Waals surface area contributed by atoms with Crippen molar-refractivity contribution >= 4 is 11.6 Å². The largest absolute Gasteiger partial charge is 0.487 e. The lowest BCUT2D eigenvalue weighted by Crippen LogP contribution is -2.27. The zero-order valence-electron chi connectivity index (χ0n) is 10.3. The van der Waals surface area contributed by atoms with Crippen LogP contribution in [0.2, 0.25) is 0 Å². The van der Waals surface area contributed by atoms with Crippen LogP contribution in [0.5, 0.6) is 5.75 Å². The molecule has 0 bridgehead atoms. The minimum absolute atomic E-state index is 0.0651. The second kappa shape index (κ2) is 6.70. The van der Waals surface area contributed by atoms with Gasteiger partial charge in [-0.2, -0.15) is 0 Å². The molecular weight excluding hydrogens is 216 g/mol. The molecule has 1 N–H and O–H groups in total. The van der Waals surface area contributed by atoms with Crippen molar-refractivity contribution in [2.24, 2.45) is 0 Å². The SMILES string of the molecule is C=CCOc1ccccc1NC(=O)CN(C)C. The van der Waals surface area contributed by atoms with Gasteiger partial charge in [-0.3, -0.25) is 4.79 Å². The molecule has 0 saturated carbocycles. The van der Waals surface area contributed by atoms with E-state index >= 15 is 0 Å². The highest BCUT2D eigenvalue weighted by molar-refractivity contribution is 5.93. The number of hydrogen-bond donors (Lipinski definition) is 1. The molecule has 92 valence electrons. The molecule has 1 aromatic carbocycles. The summed E-state index contributed by atoms with van der Waals surface area (Å²) in [7, 11) is 3.69. The summed E-state index contributed by atoms with van der Waals surface area (Å²) in [6, 6.07) is 7.34. The second-order valence-electron chi connectivity index (χ2n) is 3.88. The summed E-state index contributed by atoms with van der Waals surface area (Å²) in [5, 5.41) is 2.81. The van der Waals surface area contributed by atoms with Crippen molar-refractivity contribution in [3.63, 3.8) is 0 Å². The Hall–Kier alpha value is -1.81. The maximum Gasteiger partial charge on any atom is 0.238 e. The predicted octanol–water partition coefficient (Wildman–Crippen LogP) is 1.75. The number of carbonyl (C=O) groups is 1. The zero-order chi connectivity index (χ0) is 12.7. The summed E-state index contributed by atoms with van der Waals surface area (Å²) >= 11 is 0. The molecule has 1 rings (SSSR count). The normalized spacial score (nSPS) is 10.1. The van der Waals surface area contributed by atoms with Crippen molar-refractivity contribution in [2.75, 3.05) is 32.6 Å². The van der Waals surface area contributed by atoms with Gasteiger partial charge in [0, 0.05) is 0 Å². The van der Waals surface area contributed by atoms with Crippen LogP contribution in [0.1, 0.15) is 0 Å². The second-order valence-corrected chi connectivity index (χ2v) is 3.88. The van der Waals surface area contributed by atoms with Gasteiger partial charge in [-0.25, -0.2) is 0 Å². The van der Waals surface area contributed by atoms with E-state index in [1.807, 2.05) is 43.3 Å². The lowest BCUT2D eigenvalue weighted by atomic mass is 10.3. The van der Waals surface area contributed by atoms with Crippen LogP contribution in [-0.4, -0.2) is 38.1 Å². The quantitative estimate of drug-likeness (QED) is 0.762. The Bertz CT molecular complexity index is 389. The van der Waals surface area contributed by atoms with Gasteiger partial charge in [0.05, 0.1) is 12.2 Å². The number of benzene rings is 1. The average Bonchev–Trinajstić information content (AvgIpc) is 2.26. The summed E-state index contributed by atoms with van der Waals surface area (Å²) < 4.78 is 5.45. The predicted molar refractivity (Wildman–Crippen MR) is 69.3 cm³/mol. The highest BCUT2D eigenvalue weighted by atomic mass is 16.5. The van der Waals surface area contributed by atoms with Crippen molar-refractivity contribution in [1.29, 1.82) is 0 Å². The molecule has 17 heavy (non-hydrogen) atoms. The Labute approximate surface area is 102 Å². The van der Waals surface area contributed by atoms with Crippen molar-refractivity contribution in [3.8, 4) is 5.75 Å². The Morgan fingerprint density at radius 1 is 1.47 bits per heavy atom. The third-order valence-electron chi connectivity index (χ3n) is 1.98. The monoisotopic (exact) mass is 234 g/mol. The molecule has 4 nitrogen and oxygen atoms in total. The molecule has 0 aliphatic rings. The molecule has 0 atom stereocenters. The molecule has 0 aromatic heterocycles. The summed E-state index contributed by atoms with van der Waals surface area (Å²) in [5.74, 6) is 0.587. The van der Waals surface area contributed by atoms with E-state index < -0.39 is 0 Å². The van der Waals surface area contributed by atoms with Gasteiger partial charge in [-0.15, -0.1) is 0 Å². The molecular formula is C13H18N2O2. The number of carbonyl (C=O) groups excluding carboxylic acids is 1. The fraction of sp³-hybridized carbons (Fsp3) is 0.308. The first-order valence-corrected chi connectivity index (χ1v) is 5.40. The molecule has 0 unspecified atom stereocenters. The topological polar surface area (TPSA) is 41.6 Å². The number of nitrogens with zero attached hydrogens (tertiary/aromatic N) is 1. The number of hydrogen-bond acceptors (Lipinski definition) is 3. The van der Waals surface area contributed by atoms with Gasteiger partial charge in [0.1, 0.15) is 12.4 Å². The first kappa shape index (κ1) is 13.3. The number of nitrogens with one attached hydrogen (secondary N) is 1.